The lowest BCUT2D eigenvalue weighted by molar-refractivity contribution is 0.102. The molecule has 116 valence electrons. The first kappa shape index (κ1) is 13.7. The molecule has 2 N–H and O–H groups in total. The van der Waals surface area contributed by atoms with E-state index in [2.05, 4.69) is 30.4 Å². The van der Waals surface area contributed by atoms with E-state index < -0.39 is 0 Å². The monoisotopic (exact) mass is 308 g/mol. The molecule has 1 aromatic carbocycles. The summed E-state index contributed by atoms with van der Waals surface area (Å²) < 4.78 is 0. The Morgan fingerprint density at radius 3 is 2.65 bits per heavy atom. The Balaban J connectivity index is 1.49. The fraction of sp³-hybridized carbons (Fsp3) is 0.250. The van der Waals surface area contributed by atoms with Crippen LogP contribution in [0.5, 0.6) is 0 Å². The first-order valence-electron chi connectivity index (χ1n) is 7.64. The molecule has 0 bridgehead atoms. The number of nitrogens with one attached hydrogen (secondary N) is 2. The molecule has 0 atom stereocenters. The molecule has 1 fully saturated rings. The highest BCUT2D eigenvalue weighted by atomic mass is 16.2. The molecular formula is C16H16N6O. The van der Waals surface area contributed by atoms with Gasteiger partial charge in [0.25, 0.3) is 5.91 Å². The quantitative estimate of drug-likeness (QED) is 0.774. The Morgan fingerprint density at radius 2 is 1.91 bits per heavy atom. The van der Waals surface area contributed by atoms with Crippen molar-refractivity contribution >= 4 is 28.7 Å². The third-order valence-electron chi connectivity index (χ3n) is 3.93. The van der Waals surface area contributed by atoms with Crippen LogP contribution in [0.25, 0.3) is 11.0 Å². The van der Waals surface area contributed by atoms with Crippen molar-refractivity contribution in [3.8, 4) is 0 Å². The zero-order chi connectivity index (χ0) is 15.6. The molecule has 0 unspecified atom stereocenters. The fourth-order valence-corrected chi connectivity index (χ4v) is 2.74. The van der Waals surface area contributed by atoms with E-state index in [0.717, 1.165) is 29.9 Å². The number of para-hydroxylation sites is 2. The van der Waals surface area contributed by atoms with E-state index in [9.17, 15) is 4.79 Å². The zero-order valence-corrected chi connectivity index (χ0v) is 12.5. The smallest absolute Gasteiger partial charge is 0.278 e. The predicted octanol–water partition coefficient (Wildman–Crippen LogP) is 2.21. The number of imidazole rings is 1. The summed E-state index contributed by atoms with van der Waals surface area (Å²) in [5.41, 5.74) is 1.95. The van der Waals surface area contributed by atoms with E-state index in [4.69, 9.17) is 0 Å². The van der Waals surface area contributed by atoms with Gasteiger partial charge in [-0.2, -0.15) is 0 Å². The largest absolute Gasteiger partial charge is 0.355 e. The first-order chi connectivity index (χ1) is 11.3. The number of anilines is 2. The standard InChI is InChI=1S/C16H16N6O/c23-15(19-16-17-11-5-1-2-6-12(11)18-16)13-7-8-14(21-20-13)22-9-3-4-10-22/h1-2,5-8H,3-4,9-10H2,(H2,17,18,19,23). The molecule has 1 aliphatic heterocycles. The topological polar surface area (TPSA) is 86.8 Å². The molecule has 0 aliphatic carbocycles. The van der Waals surface area contributed by atoms with Crippen LogP contribution in [0.1, 0.15) is 23.3 Å². The maximum absolute atomic E-state index is 12.2. The highest BCUT2D eigenvalue weighted by Crippen LogP contribution is 2.17. The van der Waals surface area contributed by atoms with E-state index >= 15 is 0 Å². The van der Waals surface area contributed by atoms with Gasteiger partial charge in [-0.1, -0.05) is 12.1 Å². The molecule has 3 heterocycles. The maximum Gasteiger partial charge on any atom is 0.278 e. The molecule has 0 saturated carbocycles. The van der Waals surface area contributed by atoms with E-state index in [-0.39, 0.29) is 11.6 Å². The SMILES string of the molecule is O=C(Nc1nc2ccccc2[nH]1)c1ccc(N2CCCC2)nn1. The Labute approximate surface area is 132 Å². The second-order valence-electron chi connectivity index (χ2n) is 5.53. The molecular weight excluding hydrogens is 292 g/mol. The van der Waals surface area contributed by atoms with Crippen LogP contribution in [0.4, 0.5) is 11.8 Å². The number of hydrogen-bond donors (Lipinski definition) is 2. The Morgan fingerprint density at radius 1 is 1.09 bits per heavy atom. The molecule has 0 radical (unpaired) electrons. The molecule has 7 nitrogen and oxygen atoms in total. The molecule has 1 aliphatic rings. The minimum atomic E-state index is -0.329. The summed E-state index contributed by atoms with van der Waals surface area (Å²) in [7, 11) is 0. The number of carbonyl (C=O) groups excluding carboxylic acids is 1. The number of rotatable bonds is 3. The second kappa shape index (κ2) is 5.68. The van der Waals surface area contributed by atoms with Crippen LogP contribution >= 0.6 is 0 Å². The number of nitrogens with zero attached hydrogens (tertiary/aromatic N) is 4. The molecule has 4 rings (SSSR count). The van der Waals surface area contributed by atoms with Gasteiger partial charge in [0.05, 0.1) is 11.0 Å². The van der Waals surface area contributed by atoms with Crippen molar-refractivity contribution in [1.82, 2.24) is 20.2 Å². The van der Waals surface area contributed by atoms with Crippen LogP contribution in [-0.4, -0.2) is 39.2 Å². The van der Waals surface area contributed by atoms with Gasteiger partial charge in [0.1, 0.15) is 0 Å². The van der Waals surface area contributed by atoms with Gasteiger partial charge in [-0.25, -0.2) is 4.98 Å². The summed E-state index contributed by atoms with van der Waals surface area (Å²) in [6.07, 6.45) is 2.35. The summed E-state index contributed by atoms with van der Waals surface area (Å²) in [6, 6.07) is 11.1. The van der Waals surface area contributed by atoms with Gasteiger partial charge in [0.15, 0.2) is 11.5 Å². The van der Waals surface area contributed by atoms with E-state index in [0.29, 0.717) is 5.95 Å². The van der Waals surface area contributed by atoms with E-state index in [1.54, 1.807) is 6.07 Å². The molecule has 2 aromatic heterocycles. The third-order valence-corrected chi connectivity index (χ3v) is 3.93. The van der Waals surface area contributed by atoms with Gasteiger partial charge in [-0.05, 0) is 37.1 Å². The van der Waals surface area contributed by atoms with Gasteiger partial charge in [0, 0.05) is 13.1 Å². The molecule has 0 spiro atoms. The zero-order valence-electron chi connectivity index (χ0n) is 12.5. The van der Waals surface area contributed by atoms with Crippen LogP contribution in [0, 0.1) is 0 Å². The lowest BCUT2D eigenvalue weighted by atomic mass is 10.3. The van der Waals surface area contributed by atoms with Crippen molar-refractivity contribution in [1.29, 1.82) is 0 Å². The lowest BCUT2D eigenvalue weighted by Crippen LogP contribution is -2.21. The number of benzene rings is 1. The van der Waals surface area contributed by atoms with E-state index in [1.807, 2.05) is 30.3 Å². The van der Waals surface area contributed by atoms with Crippen LogP contribution in [0.3, 0.4) is 0 Å². The van der Waals surface area contributed by atoms with Crippen molar-refractivity contribution in [3.05, 3.63) is 42.1 Å². The molecule has 7 heteroatoms. The number of amides is 1. The van der Waals surface area contributed by atoms with Gasteiger partial charge >= 0.3 is 0 Å². The Bertz CT molecular complexity index is 802. The lowest BCUT2D eigenvalue weighted by Gasteiger charge is -2.15. The Hall–Kier alpha value is -2.96. The van der Waals surface area contributed by atoms with Crippen LogP contribution < -0.4 is 10.2 Å². The summed E-state index contributed by atoms with van der Waals surface area (Å²) in [5.74, 6) is 0.897. The van der Waals surface area contributed by atoms with Crippen molar-refractivity contribution < 1.29 is 4.79 Å². The van der Waals surface area contributed by atoms with Gasteiger partial charge < -0.3 is 9.88 Å². The van der Waals surface area contributed by atoms with Crippen LogP contribution in [0.15, 0.2) is 36.4 Å². The number of fused-ring (bicyclic) bond motifs is 1. The minimum Gasteiger partial charge on any atom is -0.355 e. The summed E-state index contributed by atoms with van der Waals surface area (Å²) in [4.78, 5) is 21.8. The van der Waals surface area contributed by atoms with Crippen molar-refractivity contribution in [2.75, 3.05) is 23.3 Å². The second-order valence-corrected chi connectivity index (χ2v) is 5.53. The minimum absolute atomic E-state index is 0.272. The van der Waals surface area contributed by atoms with Gasteiger partial charge in [-0.3, -0.25) is 10.1 Å². The maximum atomic E-state index is 12.2. The molecule has 1 saturated heterocycles. The third kappa shape index (κ3) is 2.73. The van der Waals surface area contributed by atoms with Gasteiger partial charge in [0.2, 0.25) is 5.95 Å². The van der Waals surface area contributed by atoms with Crippen molar-refractivity contribution in [2.45, 2.75) is 12.8 Å². The molecule has 23 heavy (non-hydrogen) atoms. The first-order valence-corrected chi connectivity index (χ1v) is 7.64. The summed E-state index contributed by atoms with van der Waals surface area (Å²) in [5, 5.41) is 10.9. The highest BCUT2D eigenvalue weighted by molar-refractivity contribution is 6.02. The molecule has 3 aromatic rings. The average molecular weight is 308 g/mol. The van der Waals surface area contributed by atoms with E-state index in [1.165, 1.54) is 12.8 Å². The number of aromatic nitrogens is 4. The number of carbonyl (C=O) groups is 1. The van der Waals surface area contributed by atoms with Crippen molar-refractivity contribution in [2.24, 2.45) is 0 Å². The predicted molar refractivity (Wildman–Crippen MR) is 87.5 cm³/mol. The van der Waals surface area contributed by atoms with Crippen molar-refractivity contribution in [3.63, 3.8) is 0 Å². The summed E-state index contributed by atoms with van der Waals surface area (Å²) >= 11 is 0. The highest BCUT2D eigenvalue weighted by Gasteiger charge is 2.16. The number of H-pyrrole nitrogens is 1. The average Bonchev–Trinajstić information content (AvgIpc) is 3.24. The Kier molecular flexibility index (Phi) is 3.38. The summed E-state index contributed by atoms with van der Waals surface area (Å²) in [6.45, 7) is 2.00. The van der Waals surface area contributed by atoms with Crippen LogP contribution in [0.2, 0.25) is 0 Å². The van der Waals surface area contributed by atoms with Gasteiger partial charge in [-0.15, -0.1) is 10.2 Å². The normalized spacial score (nSPS) is 14.3. The molecule has 1 amide bonds. The fourth-order valence-electron chi connectivity index (χ4n) is 2.74. The number of hydrogen-bond acceptors (Lipinski definition) is 5. The number of aromatic amines is 1. The van der Waals surface area contributed by atoms with Crippen LogP contribution in [-0.2, 0) is 0 Å².